The average molecular weight is 349 g/mol. The minimum absolute atomic E-state index is 0.0235. The Morgan fingerprint density at radius 1 is 1.12 bits per heavy atom. The maximum atomic E-state index is 12.3. The molecule has 2 amide bonds. The van der Waals surface area contributed by atoms with Gasteiger partial charge in [0, 0.05) is 18.3 Å². The Hall–Kier alpha value is -3.59. The van der Waals surface area contributed by atoms with Gasteiger partial charge in [0.05, 0.1) is 6.61 Å². The van der Waals surface area contributed by atoms with E-state index in [1.807, 2.05) is 19.1 Å². The van der Waals surface area contributed by atoms with Crippen molar-refractivity contribution in [2.24, 2.45) is 0 Å². The number of nitriles is 1. The van der Waals surface area contributed by atoms with Gasteiger partial charge in [-0.15, -0.1) is 0 Å². The van der Waals surface area contributed by atoms with Crippen LogP contribution in [0.4, 0.5) is 11.4 Å². The van der Waals surface area contributed by atoms with E-state index < -0.39 is 5.91 Å². The number of amides is 2. The molecule has 0 saturated carbocycles. The van der Waals surface area contributed by atoms with Crippen molar-refractivity contribution in [2.75, 3.05) is 17.2 Å². The summed E-state index contributed by atoms with van der Waals surface area (Å²) in [5.74, 6) is -0.0140. The summed E-state index contributed by atoms with van der Waals surface area (Å²) < 4.78 is 5.41. The van der Waals surface area contributed by atoms with Crippen molar-refractivity contribution in [3.05, 3.63) is 59.7 Å². The fraction of sp³-hybridized carbons (Fsp3) is 0.150. The third-order valence-corrected chi connectivity index (χ3v) is 3.31. The smallest absolute Gasteiger partial charge is 0.266 e. The van der Waals surface area contributed by atoms with Gasteiger partial charge in [-0.3, -0.25) is 9.59 Å². The molecule has 0 unspecified atom stereocenters. The summed E-state index contributed by atoms with van der Waals surface area (Å²) in [6, 6.07) is 15.7. The molecule has 2 N–H and O–H groups in total. The summed E-state index contributed by atoms with van der Waals surface area (Å²) in [5, 5.41) is 14.6. The number of carbonyl (C=O) groups is 2. The first-order chi connectivity index (χ1) is 12.5. The lowest BCUT2D eigenvalue weighted by Crippen LogP contribution is -2.13. The van der Waals surface area contributed by atoms with Crippen molar-refractivity contribution in [3.8, 4) is 11.8 Å². The molecule has 6 nitrogen and oxygen atoms in total. The van der Waals surface area contributed by atoms with Gasteiger partial charge in [-0.25, -0.2) is 0 Å². The Morgan fingerprint density at radius 3 is 2.35 bits per heavy atom. The van der Waals surface area contributed by atoms with Crippen LogP contribution in [-0.2, 0) is 9.59 Å². The largest absolute Gasteiger partial charge is 0.494 e. The van der Waals surface area contributed by atoms with Gasteiger partial charge in [0.2, 0.25) is 5.91 Å². The molecule has 0 bridgehead atoms. The molecule has 2 aromatic carbocycles. The SMILES string of the molecule is CCOc1cccc(/C=C(\C#N)C(=O)Nc2ccc(NC(C)=O)cc2)c1. The van der Waals surface area contributed by atoms with Crippen molar-refractivity contribution in [1.82, 2.24) is 0 Å². The van der Waals surface area contributed by atoms with E-state index >= 15 is 0 Å². The highest BCUT2D eigenvalue weighted by molar-refractivity contribution is 6.09. The molecule has 0 aliphatic rings. The average Bonchev–Trinajstić information content (AvgIpc) is 2.61. The van der Waals surface area contributed by atoms with Crippen LogP contribution >= 0.6 is 0 Å². The molecule has 132 valence electrons. The van der Waals surface area contributed by atoms with Crippen molar-refractivity contribution < 1.29 is 14.3 Å². The van der Waals surface area contributed by atoms with Crippen molar-refractivity contribution in [1.29, 1.82) is 5.26 Å². The van der Waals surface area contributed by atoms with Gasteiger partial charge in [-0.2, -0.15) is 5.26 Å². The zero-order chi connectivity index (χ0) is 18.9. The molecule has 0 spiro atoms. The Morgan fingerprint density at radius 2 is 1.77 bits per heavy atom. The maximum Gasteiger partial charge on any atom is 0.266 e. The molecule has 0 radical (unpaired) electrons. The minimum Gasteiger partial charge on any atom is -0.494 e. The van der Waals surface area contributed by atoms with E-state index in [2.05, 4.69) is 10.6 Å². The topological polar surface area (TPSA) is 91.2 Å². The zero-order valence-corrected chi connectivity index (χ0v) is 14.6. The van der Waals surface area contributed by atoms with E-state index in [4.69, 9.17) is 4.74 Å². The lowest BCUT2D eigenvalue weighted by Gasteiger charge is -2.07. The van der Waals surface area contributed by atoms with Crippen LogP contribution < -0.4 is 15.4 Å². The Kier molecular flexibility index (Phi) is 6.52. The van der Waals surface area contributed by atoms with Gasteiger partial charge in [0.1, 0.15) is 17.4 Å². The molecule has 0 heterocycles. The number of ether oxygens (including phenoxy) is 1. The van der Waals surface area contributed by atoms with Gasteiger partial charge >= 0.3 is 0 Å². The van der Waals surface area contributed by atoms with Crippen LogP contribution in [0.3, 0.4) is 0 Å². The number of hydrogen-bond acceptors (Lipinski definition) is 4. The first-order valence-electron chi connectivity index (χ1n) is 8.05. The highest BCUT2D eigenvalue weighted by Gasteiger charge is 2.10. The second kappa shape index (κ2) is 9.04. The predicted molar refractivity (Wildman–Crippen MR) is 101 cm³/mol. The molecule has 2 rings (SSSR count). The van der Waals surface area contributed by atoms with Gasteiger partial charge in [0.15, 0.2) is 0 Å². The number of nitrogens with zero attached hydrogens (tertiary/aromatic N) is 1. The summed E-state index contributed by atoms with van der Waals surface area (Å²) in [7, 11) is 0. The fourth-order valence-corrected chi connectivity index (χ4v) is 2.21. The molecule has 6 heteroatoms. The molecule has 0 saturated heterocycles. The van der Waals surface area contributed by atoms with Crippen LogP contribution in [0.25, 0.3) is 6.08 Å². The Balaban J connectivity index is 2.12. The normalized spacial score (nSPS) is 10.6. The summed E-state index contributed by atoms with van der Waals surface area (Å²) in [4.78, 5) is 23.3. The quantitative estimate of drug-likeness (QED) is 0.616. The summed E-state index contributed by atoms with van der Waals surface area (Å²) in [5.41, 5.74) is 1.82. The second-order valence-corrected chi connectivity index (χ2v) is 5.39. The number of nitrogens with one attached hydrogen (secondary N) is 2. The molecule has 0 aliphatic heterocycles. The van der Waals surface area contributed by atoms with Crippen LogP contribution in [0, 0.1) is 11.3 Å². The first kappa shape index (κ1) is 18.7. The highest BCUT2D eigenvalue weighted by Crippen LogP contribution is 2.18. The lowest BCUT2D eigenvalue weighted by molar-refractivity contribution is -0.114. The molecule has 0 atom stereocenters. The van der Waals surface area contributed by atoms with Crippen LogP contribution in [-0.4, -0.2) is 18.4 Å². The van der Waals surface area contributed by atoms with Crippen LogP contribution in [0.15, 0.2) is 54.1 Å². The standard InChI is InChI=1S/C20H19N3O3/c1-3-26-19-6-4-5-15(12-19)11-16(13-21)20(25)23-18-9-7-17(8-10-18)22-14(2)24/h4-12H,3H2,1-2H3,(H,22,24)(H,23,25)/b16-11+. The fourth-order valence-electron chi connectivity index (χ4n) is 2.21. The molecule has 0 aromatic heterocycles. The predicted octanol–water partition coefficient (Wildman–Crippen LogP) is 3.59. The zero-order valence-electron chi connectivity index (χ0n) is 14.6. The van der Waals surface area contributed by atoms with Gasteiger partial charge < -0.3 is 15.4 Å². The maximum absolute atomic E-state index is 12.3. The van der Waals surface area contributed by atoms with Gasteiger partial charge in [-0.1, -0.05) is 12.1 Å². The van der Waals surface area contributed by atoms with Crippen LogP contribution in [0.2, 0.25) is 0 Å². The van der Waals surface area contributed by atoms with E-state index in [0.29, 0.717) is 29.3 Å². The number of anilines is 2. The molecule has 0 aliphatic carbocycles. The van der Waals surface area contributed by atoms with E-state index in [1.165, 1.54) is 13.0 Å². The van der Waals surface area contributed by atoms with E-state index in [1.54, 1.807) is 42.5 Å². The van der Waals surface area contributed by atoms with Gasteiger partial charge in [-0.05, 0) is 55.0 Å². The highest BCUT2D eigenvalue weighted by atomic mass is 16.5. The number of carbonyl (C=O) groups excluding carboxylic acids is 2. The first-order valence-corrected chi connectivity index (χ1v) is 8.05. The van der Waals surface area contributed by atoms with Crippen molar-refractivity contribution in [2.45, 2.75) is 13.8 Å². The molecule has 2 aromatic rings. The Bertz CT molecular complexity index is 865. The number of hydrogen-bond donors (Lipinski definition) is 2. The summed E-state index contributed by atoms with van der Waals surface area (Å²) >= 11 is 0. The van der Waals surface area contributed by atoms with Crippen LogP contribution in [0.5, 0.6) is 5.75 Å². The van der Waals surface area contributed by atoms with E-state index in [-0.39, 0.29) is 11.5 Å². The monoisotopic (exact) mass is 349 g/mol. The third-order valence-electron chi connectivity index (χ3n) is 3.31. The molecular formula is C20H19N3O3. The van der Waals surface area contributed by atoms with Crippen LogP contribution in [0.1, 0.15) is 19.4 Å². The van der Waals surface area contributed by atoms with Gasteiger partial charge in [0.25, 0.3) is 5.91 Å². The summed E-state index contributed by atoms with van der Waals surface area (Å²) in [6.45, 7) is 3.83. The van der Waals surface area contributed by atoms with Crippen molar-refractivity contribution in [3.63, 3.8) is 0 Å². The molecule has 0 fully saturated rings. The second-order valence-electron chi connectivity index (χ2n) is 5.39. The minimum atomic E-state index is -0.512. The third kappa shape index (κ3) is 5.49. The summed E-state index contributed by atoms with van der Waals surface area (Å²) in [6.07, 6.45) is 1.50. The lowest BCUT2D eigenvalue weighted by atomic mass is 10.1. The van der Waals surface area contributed by atoms with Crippen molar-refractivity contribution >= 4 is 29.3 Å². The molecule has 26 heavy (non-hydrogen) atoms. The van der Waals surface area contributed by atoms with E-state index in [0.717, 1.165) is 0 Å². The molecular weight excluding hydrogens is 330 g/mol. The number of rotatable bonds is 6. The number of benzene rings is 2. The van der Waals surface area contributed by atoms with E-state index in [9.17, 15) is 14.9 Å². The Labute approximate surface area is 152 Å².